The predicted molar refractivity (Wildman–Crippen MR) is 78.7 cm³/mol. The minimum atomic E-state index is -3.57. The van der Waals surface area contributed by atoms with E-state index in [1.165, 1.54) is 0 Å². The highest BCUT2D eigenvalue weighted by Crippen LogP contribution is 2.19. The third-order valence-corrected chi connectivity index (χ3v) is 3.70. The minimum Gasteiger partial charge on any atom is -0.200 e. The summed E-state index contributed by atoms with van der Waals surface area (Å²) < 4.78 is 24.0. The van der Waals surface area contributed by atoms with Gasteiger partial charge in [0.25, 0.3) is 10.0 Å². The van der Waals surface area contributed by atoms with Crippen LogP contribution in [-0.2, 0) is 10.0 Å². The summed E-state index contributed by atoms with van der Waals surface area (Å²) in [6.45, 7) is 9.99. The Labute approximate surface area is 116 Å². The average molecular weight is 282 g/mol. The monoisotopic (exact) mass is 282 g/mol. The van der Waals surface area contributed by atoms with Crippen molar-refractivity contribution in [1.82, 2.24) is 4.83 Å². The fourth-order valence-electron chi connectivity index (χ4n) is 1.72. The molecule has 4 nitrogen and oxygen atoms in total. The quantitative estimate of drug-likeness (QED) is 0.681. The fourth-order valence-corrected chi connectivity index (χ4v) is 2.59. The number of benzene rings is 1. The molecule has 0 heterocycles. The molecule has 5 heteroatoms. The van der Waals surface area contributed by atoms with Gasteiger partial charge in [0.2, 0.25) is 0 Å². The summed E-state index contributed by atoms with van der Waals surface area (Å²) in [7, 11) is -3.57. The highest BCUT2D eigenvalue weighted by atomic mass is 32.2. The summed E-state index contributed by atoms with van der Waals surface area (Å²) >= 11 is 0. The number of nitrogens with one attached hydrogen (secondary N) is 1. The number of sulfonamides is 1. The first-order valence-corrected chi connectivity index (χ1v) is 7.70. The molecule has 0 saturated heterocycles. The molecule has 106 valence electrons. The molecule has 0 atom stereocenters. The number of rotatable bonds is 4. The number of nitrogens with zero attached hydrogens (tertiary/aromatic N) is 1. The molecular formula is C14H22N2O2S. The molecule has 1 aromatic rings. The molecule has 0 aliphatic rings. The molecule has 0 saturated carbocycles. The third kappa shape index (κ3) is 5.42. The van der Waals surface area contributed by atoms with Crippen LogP contribution in [0.4, 0.5) is 0 Å². The zero-order chi connectivity index (χ0) is 14.7. The Hall–Kier alpha value is -1.36. The molecule has 0 radical (unpaired) electrons. The maximum atomic E-state index is 12.0. The normalized spacial score (nSPS) is 13.4. The van der Waals surface area contributed by atoms with Gasteiger partial charge >= 0.3 is 0 Å². The number of hydrogen-bond donors (Lipinski definition) is 1. The van der Waals surface area contributed by atoms with Crippen molar-refractivity contribution in [3.63, 3.8) is 0 Å². The van der Waals surface area contributed by atoms with Crippen LogP contribution in [0.3, 0.4) is 0 Å². The second-order valence-corrected chi connectivity index (χ2v) is 7.65. The van der Waals surface area contributed by atoms with Crippen LogP contribution in [0, 0.1) is 12.3 Å². The molecule has 0 fully saturated rings. The molecule has 1 rings (SSSR count). The van der Waals surface area contributed by atoms with E-state index in [9.17, 15) is 8.42 Å². The molecule has 0 bridgehead atoms. The van der Waals surface area contributed by atoms with E-state index in [0.717, 1.165) is 17.7 Å². The zero-order valence-electron chi connectivity index (χ0n) is 12.2. The van der Waals surface area contributed by atoms with Gasteiger partial charge in [0, 0.05) is 5.71 Å². The van der Waals surface area contributed by atoms with E-state index in [0.29, 0.717) is 0 Å². The highest BCUT2D eigenvalue weighted by Gasteiger charge is 2.14. The van der Waals surface area contributed by atoms with Gasteiger partial charge in [-0.2, -0.15) is 13.5 Å². The molecule has 0 aliphatic carbocycles. The Morgan fingerprint density at radius 3 is 2.21 bits per heavy atom. The maximum absolute atomic E-state index is 12.0. The van der Waals surface area contributed by atoms with Gasteiger partial charge in [0.1, 0.15) is 0 Å². The first-order chi connectivity index (χ1) is 8.60. The Balaban J connectivity index is 2.81. The van der Waals surface area contributed by atoms with Crippen LogP contribution in [0.1, 0.15) is 39.7 Å². The summed E-state index contributed by atoms with van der Waals surface area (Å²) in [5.41, 5.74) is 1.87. The molecule has 1 N–H and O–H groups in total. The lowest BCUT2D eigenvalue weighted by Gasteiger charge is -2.17. The Kier molecular flexibility index (Phi) is 4.74. The summed E-state index contributed by atoms with van der Waals surface area (Å²) in [5, 5.41) is 3.96. The minimum absolute atomic E-state index is 0.0862. The summed E-state index contributed by atoms with van der Waals surface area (Å²) in [4.78, 5) is 2.50. The number of hydrogen-bond acceptors (Lipinski definition) is 3. The van der Waals surface area contributed by atoms with E-state index in [1.54, 1.807) is 24.3 Å². The lowest BCUT2D eigenvalue weighted by atomic mass is 9.90. The molecule has 0 amide bonds. The summed E-state index contributed by atoms with van der Waals surface area (Å²) in [6.07, 6.45) is 0.740. The molecule has 0 aliphatic heterocycles. The lowest BCUT2D eigenvalue weighted by Crippen LogP contribution is -2.21. The molecule has 0 spiro atoms. The van der Waals surface area contributed by atoms with Crippen LogP contribution in [0.15, 0.2) is 34.3 Å². The largest absolute Gasteiger partial charge is 0.276 e. The Morgan fingerprint density at radius 1 is 1.21 bits per heavy atom. The predicted octanol–water partition coefficient (Wildman–Crippen LogP) is 3.09. The molecule has 0 unspecified atom stereocenters. The van der Waals surface area contributed by atoms with Crippen LogP contribution in [0.2, 0.25) is 0 Å². The van der Waals surface area contributed by atoms with E-state index < -0.39 is 10.0 Å². The highest BCUT2D eigenvalue weighted by molar-refractivity contribution is 7.89. The van der Waals surface area contributed by atoms with Crippen LogP contribution < -0.4 is 4.83 Å². The smallest absolute Gasteiger partial charge is 0.200 e. The average Bonchev–Trinajstić information content (AvgIpc) is 2.25. The van der Waals surface area contributed by atoms with Crippen LogP contribution in [0.25, 0.3) is 0 Å². The van der Waals surface area contributed by atoms with Crippen molar-refractivity contribution in [2.75, 3.05) is 0 Å². The second kappa shape index (κ2) is 5.74. The van der Waals surface area contributed by atoms with Gasteiger partial charge in [-0.05, 0) is 37.8 Å². The second-order valence-electron chi connectivity index (χ2n) is 5.99. The van der Waals surface area contributed by atoms with E-state index in [-0.39, 0.29) is 10.3 Å². The van der Waals surface area contributed by atoms with Crippen molar-refractivity contribution >= 4 is 15.7 Å². The topological polar surface area (TPSA) is 58.5 Å². The van der Waals surface area contributed by atoms with Crippen molar-refractivity contribution in [3.8, 4) is 0 Å². The first-order valence-electron chi connectivity index (χ1n) is 6.22. The summed E-state index contributed by atoms with van der Waals surface area (Å²) in [6, 6.07) is 6.68. The van der Waals surface area contributed by atoms with Crippen LogP contribution >= 0.6 is 0 Å². The van der Waals surface area contributed by atoms with Gasteiger partial charge in [-0.1, -0.05) is 38.5 Å². The lowest BCUT2D eigenvalue weighted by molar-refractivity contribution is 0.432. The van der Waals surface area contributed by atoms with E-state index in [2.05, 4.69) is 30.7 Å². The zero-order valence-corrected chi connectivity index (χ0v) is 13.0. The number of hydrazone groups is 1. The SMILES string of the molecule is C/C(CC(C)(C)C)=N\NS(=O)(=O)c1ccc(C)cc1. The maximum Gasteiger partial charge on any atom is 0.276 e. The Bertz CT molecular complexity index is 552. The van der Waals surface area contributed by atoms with Crippen LogP contribution in [-0.4, -0.2) is 14.1 Å². The molecule has 19 heavy (non-hydrogen) atoms. The van der Waals surface area contributed by atoms with E-state index in [4.69, 9.17) is 0 Å². The fraction of sp³-hybridized carbons (Fsp3) is 0.500. The van der Waals surface area contributed by atoms with Crippen molar-refractivity contribution in [2.24, 2.45) is 10.5 Å². The molecular weight excluding hydrogens is 260 g/mol. The first kappa shape index (κ1) is 15.7. The summed E-state index contributed by atoms with van der Waals surface area (Å²) in [5.74, 6) is 0. The van der Waals surface area contributed by atoms with Crippen molar-refractivity contribution in [2.45, 2.75) is 45.9 Å². The molecule has 1 aromatic carbocycles. The van der Waals surface area contributed by atoms with Gasteiger partial charge in [0.15, 0.2) is 0 Å². The van der Waals surface area contributed by atoms with Crippen molar-refractivity contribution in [1.29, 1.82) is 0 Å². The van der Waals surface area contributed by atoms with E-state index >= 15 is 0 Å². The third-order valence-electron chi connectivity index (χ3n) is 2.47. The standard InChI is InChI=1S/C14H22N2O2S/c1-11-6-8-13(9-7-11)19(17,18)16-15-12(2)10-14(3,4)5/h6-9,16H,10H2,1-5H3/b15-12+. The van der Waals surface area contributed by atoms with Gasteiger partial charge in [0.05, 0.1) is 4.90 Å². The van der Waals surface area contributed by atoms with Gasteiger partial charge in [-0.3, -0.25) is 0 Å². The van der Waals surface area contributed by atoms with Gasteiger partial charge < -0.3 is 0 Å². The number of aryl methyl sites for hydroxylation is 1. The Morgan fingerprint density at radius 2 is 1.74 bits per heavy atom. The van der Waals surface area contributed by atoms with Crippen molar-refractivity contribution in [3.05, 3.63) is 29.8 Å². The van der Waals surface area contributed by atoms with E-state index in [1.807, 2.05) is 13.8 Å². The van der Waals surface area contributed by atoms with Gasteiger partial charge in [-0.25, -0.2) is 4.83 Å². The van der Waals surface area contributed by atoms with Crippen molar-refractivity contribution < 1.29 is 8.42 Å². The van der Waals surface area contributed by atoms with Crippen LogP contribution in [0.5, 0.6) is 0 Å². The van der Waals surface area contributed by atoms with Gasteiger partial charge in [-0.15, -0.1) is 0 Å². The molecule has 0 aromatic heterocycles.